The summed E-state index contributed by atoms with van der Waals surface area (Å²) in [5.74, 6) is -0.347. The zero-order chi connectivity index (χ0) is 12.1. The Bertz CT molecular complexity index is 357. The molecule has 0 aromatic carbocycles. The van der Waals surface area contributed by atoms with E-state index in [4.69, 9.17) is 5.11 Å². The number of nitrogens with zero attached hydrogens (tertiary/aromatic N) is 2. The maximum atomic E-state index is 12.4. The normalized spacial score (nSPS) is 13.0. The zero-order valence-corrected chi connectivity index (χ0v) is 9.45. The van der Waals surface area contributed by atoms with Gasteiger partial charge in [0.05, 0.1) is 12.2 Å². The summed E-state index contributed by atoms with van der Waals surface area (Å²) in [6.45, 7) is -0.859. The molecule has 0 saturated heterocycles. The molecule has 1 unspecified atom stereocenters. The van der Waals surface area contributed by atoms with Gasteiger partial charge >= 0.3 is 12.5 Å². The minimum Gasteiger partial charge on any atom is -0.481 e. The van der Waals surface area contributed by atoms with Crippen molar-refractivity contribution in [3.63, 3.8) is 0 Å². The molecule has 1 aromatic rings. The van der Waals surface area contributed by atoms with Crippen LogP contribution in [0, 0.1) is 0 Å². The second-order valence-electron chi connectivity index (χ2n) is 3.25. The van der Waals surface area contributed by atoms with Gasteiger partial charge in [0.25, 0.3) is 0 Å². The minimum absolute atomic E-state index is 0.0139. The van der Waals surface area contributed by atoms with Crippen LogP contribution in [0.5, 0.6) is 0 Å². The molecule has 4 nitrogen and oxygen atoms in total. The fraction of sp³-hybridized carbons (Fsp3) is 0.556. The summed E-state index contributed by atoms with van der Waals surface area (Å²) in [7, 11) is 0. The van der Waals surface area contributed by atoms with Crippen LogP contribution in [0.3, 0.4) is 0 Å². The van der Waals surface area contributed by atoms with Crippen molar-refractivity contribution in [2.24, 2.45) is 0 Å². The molecule has 1 heterocycles. The smallest absolute Gasteiger partial charge is 0.319 e. The van der Waals surface area contributed by atoms with Crippen molar-refractivity contribution in [2.45, 2.75) is 30.9 Å². The number of aromatic nitrogens is 2. The number of carboxylic acids is 1. The number of aliphatic carboxylic acids is 1. The second-order valence-corrected chi connectivity index (χ2v) is 4.67. The van der Waals surface area contributed by atoms with Crippen molar-refractivity contribution in [1.29, 1.82) is 0 Å². The Labute approximate surface area is 95.7 Å². The van der Waals surface area contributed by atoms with E-state index in [1.807, 2.05) is 0 Å². The number of hydrogen-bond acceptors (Lipinski definition) is 3. The standard InChI is InChI=1S/C9H12F2N2O2S/c1-6(4-8(14)15)16-5-7-12-2-3-13(7)9(10)11/h2-3,6,9H,4-5H2,1H3,(H,14,15). The third-order valence-electron chi connectivity index (χ3n) is 1.92. The van der Waals surface area contributed by atoms with Crippen LogP contribution >= 0.6 is 11.8 Å². The molecular formula is C9H12F2N2O2S. The van der Waals surface area contributed by atoms with Gasteiger partial charge in [-0.3, -0.25) is 9.36 Å². The number of imidazole rings is 1. The molecule has 0 radical (unpaired) electrons. The van der Waals surface area contributed by atoms with Crippen molar-refractivity contribution in [3.05, 3.63) is 18.2 Å². The molecule has 1 aromatic heterocycles. The molecule has 0 amide bonds. The molecule has 0 aliphatic rings. The van der Waals surface area contributed by atoms with Gasteiger partial charge in [0.15, 0.2) is 0 Å². The number of alkyl halides is 2. The monoisotopic (exact) mass is 250 g/mol. The van der Waals surface area contributed by atoms with E-state index in [0.717, 1.165) is 4.57 Å². The van der Waals surface area contributed by atoms with Gasteiger partial charge < -0.3 is 5.11 Å². The maximum absolute atomic E-state index is 12.4. The van der Waals surface area contributed by atoms with Gasteiger partial charge in [-0.1, -0.05) is 6.92 Å². The maximum Gasteiger partial charge on any atom is 0.319 e. The summed E-state index contributed by atoms with van der Waals surface area (Å²) in [4.78, 5) is 14.2. The molecular weight excluding hydrogens is 238 g/mol. The molecule has 0 spiro atoms. The molecule has 0 aliphatic carbocycles. The molecule has 0 bridgehead atoms. The van der Waals surface area contributed by atoms with Crippen molar-refractivity contribution >= 4 is 17.7 Å². The van der Waals surface area contributed by atoms with E-state index in [1.165, 1.54) is 24.2 Å². The molecule has 1 N–H and O–H groups in total. The molecule has 16 heavy (non-hydrogen) atoms. The highest BCUT2D eigenvalue weighted by Gasteiger charge is 2.13. The molecule has 7 heteroatoms. The summed E-state index contributed by atoms with van der Waals surface area (Å²) in [5, 5.41) is 8.41. The summed E-state index contributed by atoms with van der Waals surface area (Å²) in [6, 6.07) is 0. The van der Waals surface area contributed by atoms with Crippen LogP contribution in [0.2, 0.25) is 0 Å². The lowest BCUT2D eigenvalue weighted by Gasteiger charge is -2.09. The first-order valence-electron chi connectivity index (χ1n) is 4.64. The highest BCUT2D eigenvalue weighted by atomic mass is 32.2. The van der Waals surface area contributed by atoms with E-state index in [9.17, 15) is 13.6 Å². The molecule has 0 saturated carbocycles. The first kappa shape index (κ1) is 13.0. The van der Waals surface area contributed by atoms with Crippen molar-refractivity contribution in [1.82, 2.24) is 9.55 Å². The Balaban J connectivity index is 2.48. The Hall–Kier alpha value is -1.11. The fourth-order valence-electron chi connectivity index (χ4n) is 1.16. The molecule has 1 atom stereocenters. The number of carbonyl (C=O) groups is 1. The van der Waals surface area contributed by atoms with Gasteiger partial charge in [0, 0.05) is 17.6 Å². The first-order valence-corrected chi connectivity index (χ1v) is 5.69. The summed E-state index contributed by atoms with van der Waals surface area (Å²) < 4.78 is 25.6. The van der Waals surface area contributed by atoms with Gasteiger partial charge in [0.2, 0.25) is 0 Å². The predicted octanol–water partition coefficient (Wildman–Crippen LogP) is 2.37. The lowest BCUT2D eigenvalue weighted by Crippen LogP contribution is -2.08. The summed E-state index contributed by atoms with van der Waals surface area (Å²) in [6.07, 6.45) is 2.53. The number of halogens is 2. The van der Waals surface area contributed by atoms with Crippen LogP contribution in [-0.4, -0.2) is 25.9 Å². The highest BCUT2D eigenvalue weighted by molar-refractivity contribution is 7.99. The molecule has 90 valence electrons. The molecule has 0 fully saturated rings. The van der Waals surface area contributed by atoms with Crippen molar-refractivity contribution in [3.8, 4) is 0 Å². The van der Waals surface area contributed by atoms with Crippen LogP contribution < -0.4 is 0 Å². The highest BCUT2D eigenvalue weighted by Crippen LogP contribution is 2.21. The Kier molecular flexibility index (Phi) is 4.72. The zero-order valence-electron chi connectivity index (χ0n) is 8.64. The van der Waals surface area contributed by atoms with Gasteiger partial charge in [-0.05, 0) is 0 Å². The number of rotatable bonds is 6. The van der Waals surface area contributed by atoms with Gasteiger partial charge in [0.1, 0.15) is 5.82 Å². The Morgan fingerprint density at radius 3 is 2.94 bits per heavy atom. The minimum atomic E-state index is -2.60. The van der Waals surface area contributed by atoms with Gasteiger partial charge in [-0.15, -0.1) is 0 Å². The quantitative estimate of drug-likeness (QED) is 0.842. The van der Waals surface area contributed by atoms with Crippen molar-refractivity contribution in [2.75, 3.05) is 0 Å². The summed E-state index contributed by atoms with van der Waals surface area (Å²) >= 11 is 1.30. The predicted molar refractivity (Wildman–Crippen MR) is 56.5 cm³/mol. The second kappa shape index (κ2) is 5.83. The van der Waals surface area contributed by atoms with Gasteiger partial charge in [-0.25, -0.2) is 4.98 Å². The van der Waals surface area contributed by atoms with E-state index < -0.39 is 12.5 Å². The lowest BCUT2D eigenvalue weighted by atomic mass is 10.3. The van der Waals surface area contributed by atoms with E-state index in [0.29, 0.717) is 0 Å². The van der Waals surface area contributed by atoms with E-state index in [-0.39, 0.29) is 23.2 Å². The first-order chi connectivity index (χ1) is 7.50. The largest absolute Gasteiger partial charge is 0.481 e. The van der Waals surface area contributed by atoms with Gasteiger partial charge in [-0.2, -0.15) is 20.5 Å². The van der Waals surface area contributed by atoms with Crippen LogP contribution in [0.4, 0.5) is 8.78 Å². The van der Waals surface area contributed by atoms with Crippen LogP contribution in [0.25, 0.3) is 0 Å². The van der Waals surface area contributed by atoms with Crippen molar-refractivity contribution < 1.29 is 18.7 Å². The van der Waals surface area contributed by atoms with Crippen LogP contribution in [0.1, 0.15) is 25.7 Å². The molecule has 1 rings (SSSR count). The van der Waals surface area contributed by atoms with Crippen LogP contribution in [-0.2, 0) is 10.5 Å². The Morgan fingerprint density at radius 1 is 1.69 bits per heavy atom. The number of thioether (sulfide) groups is 1. The molecule has 0 aliphatic heterocycles. The lowest BCUT2D eigenvalue weighted by molar-refractivity contribution is -0.136. The Morgan fingerprint density at radius 2 is 2.38 bits per heavy atom. The SMILES string of the molecule is CC(CC(=O)O)SCc1nccn1C(F)F. The average molecular weight is 250 g/mol. The van der Waals surface area contributed by atoms with Crippen LogP contribution in [0.15, 0.2) is 12.4 Å². The number of carboxylic acid groups (broad SMARTS) is 1. The third-order valence-corrected chi connectivity index (χ3v) is 3.08. The number of hydrogen-bond donors (Lipinski definition) is 1. The van der Waals surface area contributed by atoms with E-state index >= 15 is 0 Å². The van der Waals surface area contributed by atoms with E-state index in [1.54, 1.807) is 6.92 Å². The average Bonchev–Trinajstić information content (AvgIpc) is 2.61. The van der Waals surface area contributed by atoms with E-state index in [2.05, 4.69) is 4.98 Å². The topological polar surface area (TPSA) is 55.1 Å². The summed E-state index contributed by atoms with van der Waals surface area (Å²) in [5.41, 5.74) is 0. The third kappa shape index (κ3) is 3.80. The fourth-order valence-corrected chi connectivity index (χ4v) is 2.07.